The summed E-state index contributed by atoms with van der Waals surface area (Å²) in [5.41, 5.74) is 7.32. The average Bonchev–Trinajstić information content (AvgIpc) is 2.41. The first-order valence-corrected chi connectivity index (χ1v) is 7.30. The Hall–Kier alpha value is -1.53. The molecule has 0 aliphatic heterocycles. The van der Waals surface area contributed by atoms with Crippen molar-refractivity contribution in [3.05, 3.63) is 50.9 Å². The molecule has 3 N–H and O–H groups in total. The summed E-state index contributed by atoms with van der Waals surface area (Å²) in [4.78, 5) is 12.3. The smallest absolute Gasteiger partial charge is 0.259 e. The third-order valence-corrected chi connectivity index (χ3v) is 3.80. The standard InChI is InChI=1S/C14H12Br2N2O2/c1-20-13-7-9(17)3-4-10(13)14(19)18-12-5-2-8(15)6-11(12)16/h2-7H,17H2,1H3,(H,18,19). The minimum atomic E-state index is -0.259. The maximum Gasteiger partial charge on any atom is 0.259 e. The Morgan fingerprint density at radius 1 is 1.20 bits per heavy atom. The second-order valence-corrected chi connectivity index (χ2v) is 5.81. The number of nitrogens with two attached hydrogens (primary N) is 1. The van der Waals surface area contributed by atoms with Gasteiger partial charge in [0.2, 0.25) is 0 Å². The summed E-state index contributed by atoms with van der Waals surface area (Å²) in [6.07, 6.45) is 0. The van der Waals surface area contributed by atoms with Crippen molar-refractivity contribution in [2.45, 2.75) is 0 Å². The number of rotatable bonds is 3. The first-order chi connectivity index (χ1) is 9.51. The summed E-state index contributed by atoms with van der Waals surface area (Å²) in [5, 5.41) is 2.82. The van der Waals surface area contributed by atoms with Crippen LogP contribution in [0, 0.1) is 0 Å². The molecule has 0 spiro atoms. The molecule has 0 fully saturated rings. The molecule has 0 aliphatic carbocycles. The van der Waals surface area contributed by atoms with Crippen LogP contribution in [0.3, 0.4) is 0 Å². The van der Waals surface area contributed by atoms with Gasteiger partial charge in [-0.05, 0) is 46.3 Å². The van der Waals surface area contributed by atoms with Crippen molar-refractivity contribution in [3.8, 4) is 5.75 Å². The van der Waals surface area contributed by atoms with E-state index in [9.17, 15) is 4.79 Å². The van der Waals surface area contributed by atoms with Gasteiger partial charge < -0.3 is 15.8 Å². The Kier molecular flexibility index (Phi) is 4.67. The number of anilines is 2. The summed E-state index contributed by atoms with van der Waals surface area (Å²) in [7, 11) is 1.50. The van der Waals surface area contributed by atoms with E-state index in [1.54, 1.807) is 24.3 Å². The van der Waals surface area contributed by atoms with Crippen molar-refractivity contribution in [3.63, 3.8) is 0 Å². The molecule has 0 radical (unpaired) electrons. The van der Waals surface area contributed by atoms with Gasteiger partial charge >= 0.3 is 0 Å². The fourth-order valence-corrected chi connectivity index (χ4v) is 2.82. The lowest BCUT2D eigenvalue weighted by atomic mass is 10.1. The van der Waals surface area contributed by atoms with E-state index in [0.29, 0.717) is 22.7 Å². The van der Waals surface area contributed by atoms with Gasteiger partial charge in [0.15, 0.2) is 0 Å². The topological polar surface area (TPSA) is 64.3 Å². The molecule has 0 saturated heterocycles. The van der Waals surface area contributed by atoms with Crippen molar-refractivity contribution in [1.29, 1.82) is 0 Å². The quantitative estimate of drug-likeness (QED) is 0.765. The number of amides is 1. The maximum atomic E-state index is 12.3. The van der Waals surface area contributed by atoms with E-state index in [4.69, 9.17) is 10.5 Å². The summed E-state index contributed by atoms with van der Waals surface area (Å²) >= 11 is 6.76. The third-order valence-electron chi connectivity index (χ3n) is 2.65. The maximum absolute atomic E-state index is 12.3. The lowest BCUT2D eigenvalue weighted by Crippen LogP contribution is -2.13. The molecule has 4 nitrogen and oxygen atoms in total. The van der Waals surface area contributed by atoms with Gasteiger partial charge in [-0.3, -0.25) is 4.79 Å². The Bertz CT molecular complexity index is 660. The van der Waals surface area contributed by atoms with Gasteiger partial charge in [-0.1, -0.05) is 15.9 Å². The fourth-order valence-electron chi connectivity index (χ4n) is 1.68. The fraction of sp³-hybridized carbons (Fsp3) is 0.0714. The van der Waals surface area contributed by atoms with Crippen LogP contribution in [0.25, 0.3) is 0 Å². The number of ether oxygens (including phenoxy) is 1. The zero-order valence-electron chi connectivity index (χ0n) is 10.6. The van der Waals surface area contributed by atoms with E-state index in [0.717, 1.165) is 8.95 Å². The van der Waals surface area contributed by atoms with Crippen LogP contribution in [-0.2, 0) is 0 Å². The number of nitrogens with one attached hydrogen (secondary N) is 1. The lowest BCUT2D eigenvalue weighted by Gasteiger charge is -2.11. The number of carbonyl (C=O) groups excluding carboxylic acids is 1. The number of benzene rings is 2. The van der Waals surface area contributed by atoms with Gasteiger partial charge in [0, 0.05) is 20.7 Å². The number of halogens is 2. The summed E-state index contributed by atoms with van der Waals surface area (Å²) in [6, 6.07) is 10.4. The van der Waals surface area contributed by atoms with Crippen LogP contribution < -0.4 is 15.8 Å². The number of carbonyl (C=O) groups is 1. The molecule has 6 heteroatoms. The van der Waals surface area contributed by atoms with Gasteiger partial charge in [0.25, 0.3) is 5.91 Å². The van der Waals surface area contributed by atoms with E-state index in [1.807, 2.05) is 12.1 Å². The first-order valence-electron chi connectivity index (χ1n) is 5.71. The SMILES string of the molecule is COc1cc(N)ccc1C(=O)Nc1ccc(Br)cc1Br. The van der Waals surface area contributed by atoms with Crippen LogP contribution in [0.4, 0.5) is 11.4 Å². The molecule has 0 aliphatic rings. The number of methoxy groups -OCH3 is 1. The van der Waals surface area contributed by atoms with Gasteiger partial charge in [0.1, 0.15) is 5.75 Å². The van der Waals surface area contributed by atoms with Crippen molar-refractivity contribution >= 4 is 49.1 Å². The Morgan fingerprint density at radius 3 is 2.60 bits per heavy atom. The highest BCUT2D eigenvalue weighted by Crippen LogP contribution is 2.28. The minimum absolute atomic E-state index is 0.259. The van der Waals surface area contributed by atoms with Crippen molar-refractivity contribution in [1.82, 2.24) is 0 Å². The highest BCUT2D eigenvalue weighted by molar-refractivity contribution is 9.11. The lowest BCUT2D eigenvalue weighted by molar-refractivity contribution is 0.102. The summed E-state index contributed by atoms with van der Waals surface area (Å²) in [6.45, 7) is 0. The van der Waals surface area contributed by atoms with E-state index < -0.39 is 0 Å². The van der Waals surface area contributed by atoms with E-state index >= 15 is 0 Å². The molecule has 0 heterocycles. The predicted octanol–water partition coefficient (Wildman–Crippen LogP) is 4.05. The van der Waals surface area contributed by atoms with Gasteiger partial charge in [-0.25, -0.2) is 0 Å². The van der Waals surface area contributed by atoms with Gasteiger partial charge in [-0.15, -0.1) is 0 Å². The van der Waals surface area contributed by atoms with E-state index in [2.05, 4.69) is 37.2 Å². The molecule has 2 aromatic rings. The zero-order valence-corrected chi connectivity index (χ0v) is 13.8. The monoisotopic (exact) mass is 398 g/mol. The molecule has 2 aromatic carbocycles. The second-order valence-electron chi connectivity index (χ2n) is 4.04. The summed E-state index contributed by atoms with van der Waals surface area (Å²) < 4.78 is 6.88. The number of hydrogen-bond donors (Lipinski definition) is 2. The number of nitrogen functional groups attached to an aromatic ring is 1. The summed E-state index contributed by atoms with van der Waals surface area (Å²) in [5.74, 6) is 0.181. The average molecular weight is 400 g/mol. The van der Waals surface area contributed by atoms with E-state index in [1.165, 1.54) is 7.11 Å². The van der Waals surface area contributed by atoms with Crippen LogP contribution in [0.15, 0.2) is 45.3 Å². The zero-order chi connectivity index (χ0) is 14.7. The predicted molar refractivity (Wildman–Crippen MR) is 87.2 cm³/mol. The highest BCUT2D eigenvalue weighted by atomic mass is 79.9. The van der Waals surface area contributed by atoms with Gasteiger partial charge in [-0.2, -0.15) is 0 Å². The molecular weight excluding hydrogens is 388 g/mol. The minimum Gasteiger partial charge on any atom is -0.496 e. The molecule has 0 bridgehead atoms. The van der Waals surface area contributed by atoms with Crippen LogP contribution in [0.2, 0.25) is 0 Å². The van der Waals surface area contributed by atoms with Crippen LogP contribution >= 0.6 is 31.9 Å². The first kappa shape index (κ1) is 14.9. The number of hydrogen-bond acceptors (Lipinski definition) is 3. The molecule has 20 heavy (non-hydrogen) atoms. The van der Waals surface area contributed by atoms with Crippen LogP contribution in [0.1, 0.15) is 10.4 Å². The molecule has 2 rings (SSSR count). The Morgan fingerprint density at radius 2 is 1.95 bits per heavy atom. The third kappa shape index (κ3) is 3.32. The Labute approximate surface area is 133 Å². The molecule has 1 amide bonds. The molecule has 0 atom stereocenters. The molecule has 0 saturated carbocycles. The molecular formula is C14H12Br2N2O2. The van der Waals surface area contributed by atoms with Crippen LogP contribution in [-0.4, -0.2) is 13.0 Å². The van der Waals surface area contributed by atoms with Gasteiger partial charge in [0.05, 0.1) is 18.4 Å². The van der Waals surface area contributed by atoms with Crippen molar-refractivity contribution < 1.29 is 9.53 Å². The van der Waals surface area contributed by atoms with Crippen molar-refractivity contribution in [2.75, 3.05) is 18.2 Å². The molecule has 0 unspecified atom stereocenters. The largest absolute Gasteiger partial charge is 0.496 e. The van der Waals surface area contributed by atoms with Crippen molar-refractivity contribution in [2.24, 2.45) is 0 Å². The highest BCUT2D eigenvalue weighted by Gasteiger charge is 2.14. The Balaban J connectivity index is 2.28. The normalized spacial score (nSPS) is 10.2. The van der Waals surface area contributed by atoms with E-state index in [-0.39, 0.29) is 5.91 Å². The molecule has 0 aromatic heterocycles. The second kappa shape index (κ2) is 6.28. The molecule has 104 valence electrons. The van der Waals surface area contributed by atoms with Crippen LogP contribution in [0.5, 0.6) is 5.75 Å².